The highest BCUT2D eigenvalue weighted by atomic mass is 31.2. The molecule has 0 radical (unpaired) electrons. The van der Waals surface area contributed by atoms with Crippen LogP contribution in [0.15, 0.2) is 0 Å². The van der Waals surface area contributed by atoms with Crippen molar-refractivity contribution in [3.05, 3.63) is 0 Å². The fraction of sp³-hybridized carbons (Fsp3) is 1.00. The summed E-state index contributed by atoms with van der Waals surface area (Å²) in [5, 5.41) is 0. The largest absolute Gasteiger partial charge is 0.348 e. The zero-order chi connectivity index (χ0) is 12.5. The van der Waals surface area contributed by atoms with E-state index in [2.05, 4.69) is 27.7 Å². The Balaban J connectivity index is 2.75. The second-order valence-electron chi connectivity index (χ2n) is 5.39. The molecule has 0 bridgehead atoms. The number of rotatable bonds is 3. The van der Waals surface area contributed by atoms with Crippen LogP contribution in [0.5, 0.6) is 0 Å². The van der Waals surface area contributed by atoms with Gasteiger partial charge >= 0.3 is 0 Å². The van der Waals surface area contributed by atoms with Gasteiger partial charge in [-0.1, -0.05) is 27.7 Å². The molecular formula is C12H25O3P. The number of hydrogen-bond acceptors (Lipinski definition) is 3. The van der Waals surface area contributed by atoms with Gasteiger partial charge in [-0.15, -0.1) is 0 Å². The summed E-state index contributed by atoms with van der Waals surface area (Å²) in [6.07, 6.45) is 0.898. The lowest BCUT2D eigenvalue weighted by Gasteiger charge is -2.43. The van der Waals surface area contributed by atoms with Crippen LogP contribution in [0.25, 0.3) is 0 Å². The van der Waals surface area contributed by atoms with Crippen molar-refractivity contribution < 1.29 is 13.8 Å². The van der Waals surface area contributed by atoms with E-state index in [1.165, 1.54) is 0 Å². The predicted molar refractivity (Wildman–Crippen MR) is 67.0 cm³/mol. The third-order valence-corrected chi connectivity index (χ3v) is 4.46. The van der Waals surface area contributed by atoms with Crippen molar-refractivity contribution in [1.82, 2.24) is 0 Å². The van der Waals surface area contributed by atoms with Crippen LogP contribution in [0.3, 0.4) is 0 Å². The molecule has 0 amide bonds. The first-order chi connectivity index (χ1) is 7.26. The van der Waals surface area contributed by atoms with Crippen LogP contribution in [0.4, 0.5) is 0 Å². The normalized spacial score (nSPS) is 41.0. The minimum atomic E-state index is -2.48. The van der Waals surface area contributed by atoms with Crippen molar-refractivity contribution in [3.8, 4) is 0 Å². The van der Waals surface area contributed by atoms with Gasteiger partial charge in [0.1, 0.15) is 0 Å². The molecule has 0 aromatic heterocycles. The van der Waals surface area contributed by atoms with Gasteiger partial charge in [0, 0.05) is 19.2 Å². The summed E-state index contributed by atoms with van der Waals surface area (Å²) >= 11 is 0. The highest BCUT2D eigenvalue weighted by Crippen LogP contribution is 2.45. The Kier molecular flexibility index (Phi) is 4.62. The second-order valence-corrected chi connectivity index (χ2v) is 8.10. The lowest BCUT2D eigenvalue weighted by atomic mass is 9.78. The average molecular weight is 248 g/mol. The Bertz CT molecular complexity index is 271. The molecule has 4 unspecified atom stereocenters. The molecule has 0 saturated carbocycles. The van der Waals surface area contributed by atoms with Gasteiger partial charge in [-0.05, 0) is 18.3 Å². The van der Waals surface area contributed by atoms with Crippen LogP contribution >= 0.6 is 7.37 Å². The molecule has 5 atom stereocenters. The van der Waals surface area contributed by atoms with Gasteiger partial charge in [-0.25, -0.2) is 0 Å². The Morgan fingerprint density at radius 2 is 1.69 bits per heavy atom. The van der Waals surface area contributed by atoms with Crippen LogP contribution in [0.2, 0.25) is 0 Å². The molecule has 0 aromatic rings. The minimum absolute atomic E-state index is 0.225. The monoisotopic (exact) mass is 248 g/mol. The van der Waals surface area contributed by atoms with Gasteiger partial charge in [0.05, 0.1) is 6.10 Å². The maximum absolute atomic E-state index is 11.7. The molecule has 1 aliphatic rings. The molecule has 3 nitrogen and oxygen atoms in total. The van der Waals surface area contributed by atoms with E-state index in [1.54, 1.807) is 13.3 Å². The van der Waals surface area contributed by atoms with Crippen LogP contribution in [-0.2, 0) is 13.8 Å². The first kappa shape index (κ1) is 14.2. The van der Waals surface area contributed by atoms with Crippen LogP contribution < -0.4 is 0 Å². The summed E-state index contributed by atoms with van der Waals surface area (Å²) in [4.78, 5) is 0. The standard InChI is InChI=1S/C12H25O3P/c1-7-11-9(3)8(2)10(4)12(14-11)15-16(5,6)13/h8-12H,7H2,1-6H3/t8?,9-,10?,11?,12?/m0/s1. The van der Waals surface area contributed by atoms with E-state index < -0.39 is 7.37 Å². The third-order valence-electron chi connectivity index (χ3n) is 3.74. The maximum Gasteiger partial charge on any atom is 0.199 e. The predicted octanol–water partition coefficient (Wildman–Crippen LogP) is 3.58. The summed E-state index contributed by atoms with van der Waals surface area (Å²) in [6, 6.07) is 0. The lowest BCUT2D eigenvalue weighted by molar-refractivity contribution is -0.210. The fourth-order valence-electron chi connectivity index (χ4n) is 2.32. The highest BCUT2D eigenvalue weighted by Gasteiger charge is 2.40. The average Bonchev–Trinajstić information content (AvgIpc) is 2.17. The van der Waals surface area contributed by atoms with Crippen molar-refractivity contribution in [2.45, 2.75) is 46.5 Å². The molecule has 4 heteroatoms. The Hall–Kier alpha value is 0.150. The third kappa shape index (κ3) is 3.32. The first-order valence-corrected chi connectivity index (χ1v) is 8.67. The highest BCUT2D eigenvalue weighted by molar-refractivity contribution is 7.57. The van der Waals surface area contributed by atoms with E-state index in [4.69, 9.17) is 9.26 Å². The summed E-state index contributed by atoms with van der Waals surface area (Å²) in [7, 11) is -2.48. The maximum atomic E-state index is 11.7. The number of hydrogen-bond donors (Lipinski definition) is 0. The van der Waals surface area contributed by atoms with Gasteiger partial charge in [0.25, 0.3) is 0 Å². The van der Waals surface area contributed by atoms with Crippen LogP contribution in [0, 0.1) is 17.8 Å². The van der Waals surface area contributed by atoms with Gasteiger partial charge < -0.3 is 4.74 Å². The van der Waals surface area contributed by atoms with Crippen LogP contribution in [0.1, 0.15) is 34.1 Å². The van der Waals surface area contributed by atoms with Crippen molar-refractivity contribution in [2.75, 3.05) is 13.3 Å². The van der Waals surface area contributed by atoms with Crippen molar-refractivity contribution in [1.29, 1.82) is 0 Å². The summed E-state index contributed by atoms with van der Waals surface area (Å²) in [6.45, 7) is 12.0. The molecular weight excluding hydrogens is 223 g/mol. The number of ether oxygens (including phenoxy) is 1. The van der Waals surface area contributed by atoms with Crippen LogP contribution in [-0.4, -0.2) is 25.7 Å². The summed E-state index contributed by atoms with van der Waals surface area (Å²) < 4.78 is 23.2. The molecule has 1 rings (SSSR count). The first-order valence-electron chi connectivity index (χ1n) is 6.15. The van der Waals surface area contributed by atoms with Gasteiger partial charge in [-0.3, -0.25) is 9.09 Å². The zero-order valence-corrected chi connectivity index (χ0v) is 12.2. The van der Waals surface area contributed by atoms with E-state index in [-0.39, 0.29) is 12.4 Å². The Labute approximate surface area is 99.4 Å². The topological polar surface area (TPSA) is 35.5 Å². The molecule has 16 heavy (non-hydrogen) atoms. The van der Waals surface area contributed by atoms with E-state index in [0.717, 1.165) is 6.42 Å². The molecule has 0 N–H and O–H groups in total. The quantitative estimate of drug-likeness (QED) is 0.716. The van der Waals surface area contributed by atoms with E-state index >= 15 is 0 Å². The van der Waals surface area contributed by atoms with E-state index in [0.29, 0.717) is 17.8 Å². The summed E-state index contributed by atoms with van der Waals surface area (Å²) in [5.41, 5.74) is 0. The Morgan fingerprint density at radius 3 is 2.12 bits per heavy atom. The molecule has 1 fully saturated rings. The molecule has 0 aliphatic carbocycles. The van der Waals surface area contributed by atoms with Gasteiger partial charge in [-0.2, -0.15) is 0 Å². The van der Waals surface area contributed by atoms with Gasteiger partial charge in [0.2, 0.25) is 0 Å². The van der Waals surface area contributed by atoms with Crippen molar-refractivity contribution in [2.24, 2.45) is 17.8 Å². The van der Waals surface area contributed by atoms with E-state index in [9.17, 15) is 4.57 Å². The fourth-order valence-corrected chi connectivity index (χ4v) is 3.07. The molecule has 0 aromatic carbocycles. The second kappa shape index (κ2) is 5.20. The zero-order valence-electron chi connectivity index (χ0n) is 11.3. The van der Waals surface area contributed by atoms with E-state index in [1.807, 2.05) is 0 Å². The SMILES string of the molecule is CCC1OC(OP(C)(C)=O)C(C)C(C)[C@@H]1C. The molecule has 1 aliphatic heterocycles. The summed E-state index contributed by atoms with van der Waals surface area (Å²) in [5.74, 6) is 1.37. The van der Waals surface area contributed by atoms with Crippen molar-refractivity contribution in [3.63, 3.8) is 0 Å². The Morgan fingerprint density at radius 1 is 1.12 bits per heavy atom. The molecule has 1 saturated heterocycles. The minimum Gasteiger partial charge on any atom is -0.348 e. The molecule has 1 heterocycles. The molecule has 96 valence electrons. The smallest absolute Gasteiger partial charge is 0.199 e. The molecule has 0 spiro atoms. The van der Waals surface area contributed by atoms with Gasteiger partial charge in [0.15, 0.2) is 13.7 Å². The lowest BCUT2D eigenvalue weighted by Crippen LogP contribution is -2.45. The van der Waals surface area contributed by atoms with Crippen molar-refractivity contribution >= 4 is 7.37 Å².